The third kappa shape index (κ3) is 3.38. The fourth-order valence-corrected chi connectivity index (χ4v) is 2.94. The second-order valence-electron chi connectivity index (χ2n) is 5.56. The topological polar surface area (TPSA) is 86.1 Å². The predicted octanol–water partition coefficient (Wildman–Crippen LogP) is 3.43. The molecule has 0 saturated heterocycles. The standard InChI is InChI=1S/C17H18N6OS/c1-10-8-12(6-5-7-18)9-11(2)14(10)24-16-13-15(23(3)22-21-13)19-17(20-16)25-4/h5-6,8-9,21-22H,1-4H3/b6-5+. The highest BCUT2D eigenvalue weighted by molar-refractivity contribution is 7.98. The van der Waals surface area contributed by atoms with Crippen LogP contribution in [0, 0.1) is 25.2 Å². The van der Waals surface area contributed by atoms with Crippen LogP contribution < -0.4 is 20.7 Å². The minimum Gasteiger partial charge on any atom is -0.436 e. The second kappa shape index (κ2) is 7.01. The number of nitrogens with zero attached hydrogens (tertiary/aromatic N) is 4. The van der Waals surface area contributed by atoms with Gasteiger partial charge in [0, 0.05) is 13.1 Å². The van der Waals surface area contributed by atoms with Crippen molar-refractivity contribution in [2.24, 2.45) is 0 Å². The summed E-state index contributed by atoms with van der Waals surface area (Å²) in [7, 11) is 1.87. The number of fused-ring (bicyclic) bond motifs is 1. The maximum atomic E-state index is 8.68. The number of hydrogen-bond acceptors (Lipinski definition) is 8. The summed E-state index contributed by atoms with van der Waals surface area (Å²) in [5.74, 6) is 1.95. The number of nitrogens with one attached hydrogen (secondary N) is 2. The Morgan fingerprint density at radius 3 is 2.64 bits per heavy atom. The number of benzene rings is 1. The van der Waals surface area contributed by atoms with Gasteiger partial charge in [0.1, 0.15) is 5.75 Å². The van der Waals surface area contributed by atoms with Gasteiger partial charge in [-0.2, -0.15) is 10.2 Å². The molecule has 2 N–H and O–H groups in total. The fraction of sp³-hybridized carbons (Fsp3) is 0.235. The minimum atomic E-state index is 0.470. The molecule has 0 unspecified atom stereocenters. The van der Waals surface area contributed by atoms with E-state index in [1.807, 2.05) is 45.4 Å². The Balaban J connectivity index is 2.01. The first-order valence-electron chi connectivity index (χ1n) is 7.60. The highest BCUT2D eigenvalue weighted by Gasteiger charge is 2.25. The van der Waals surface area contributed by atoms with E-state index in [9.17, 15) is 0 Å². The molecule has 1 aromatic heterocycles. The molecule has 3 rings (SSSR count). The van der Waals surface area contributed by atoms with Crippen molar-refractivity contribution in [3.63, 3.8) is 0 Å². The summed E-state index contributed by atoms with van der Waals surface area (Å²) < 4.78 is 6.15. The van der Waals surface area contributed by atoms with Crippen molar-refractivity contribution in [3.05, 3.63) is 34.9 Å². The van der Waals surface area contributed by atoms with Crippen LogP contribution in [-0.2, 0) is 0 Å². The van der Waals surface area contributed by atoms with Crippen LogP contribution in [0.15, 0.2) is 23.4 Å². The number of ether oxygens (including phenoxy) is 1. The largest absolute Gasteiger partial charge is 0.436 e. The number of anilines is 2. The number of thioether (sulfide) groups is 1. The lowest BCUT2D eigenvalue weighted by atomic mass is 10.1. The quantitative estimate of drug-likeness (QED) is 0.491. The Labute approximate surface area is 150 Å². The molecule has 25 heavy (non-hydrogen) atoms. The number of nitriles is 1. The summed E-state index contributed by atoms with van der Waals surface area (Å²) in [5, 5.41) is 11.1. The Bertz CT molecular complexity index is 866. The van der Waals surface area contributed by atoms with E-state index in [-0.39, 0.29) is 0 Å². The number of allylic oxidation sites excluding steroid dienone is 1. The summed E-state index contributed by atoms with van der Waals surface area (Å²) >= 11 is 1.46. The number of aromatic nitrogens is 2. The van der Waals surface area contributed by atoms with E-state index in [4.69, 9.17) is 10.00 Å². The summed E-state index contributed by atoms with van der Waals surface area (Å²) in [6.45, 7) is 3.95. The molecular weight excluding hydrogens is 336 g/mol. The summed E-state index contributed by atoms with van der Waals surface area (Å²) in [6.07, 6.45) is 5.16. The van der Waals surface area contributed by atoms with Crippen LogP contribution in [0.4, 0.5) is 11.5 Å². The van der Waals surface area contributed by atoms with Crippen molar-refractivity contribution < 1.29 is 4.74 Å². The molecular formula is C17H18N6OS. The minimum absolute atomic E-state index is 0.470. The van der Waals surface area contributed by atoms with Gasteiger partial charge >= 0.3 is 0 Å². The third-order valence-electron chi connectivity index (χ3n) is 3.72. The van der Waals surface area contributed by atoms with Crippen LogP contribution in [0.3, 0.4) is 0 Å². The van der Waals surface area contributed by atoms with Crippen molar-refractivity contribution in [2.45, 2.75) is 19.0 Å². The molecule has 0 amide bonds. The maximum absolute atomic E-state index is 8.68. The number of hydrogen-bond donors (Lipinski definition) is 2. The molecule has 8 heteroatoms. The molecule has 0 bridgehead atoms. The summed E-state index contributed by atoms with van der Waals surface area (Å²) in [5.41, 5.74) is 9.61. The van der Waals surface area contributed by atoms with Gasteiger partial charge in [0.2, 0.25) is 0 Å². The zero-order chi connectivity index (χ0) is 18.0. The van der Waals surface area contributed by atoms with Crippen molar-refractivity contribution in [3.8, 4) is 17.7 Å². The molecule has 0 fully saturated rings. The molecule has 2 aromatic rings. The molecule has 1 aromatic carbocycles. The Kier molecular flexibility index (Phi) is 4.79. The van der Waals surface area contributed by atoms with E-state index in [0.29, 0.717) is 16.7 Å². The van der Waals surface area contributed by atoms with Crippen LogP contribution >= 0.6 is 11.8 Å². The van der Waals surface area contributed by atoms with E-state index in [1.54, 1.807) is 11.1 Å². The molecule has 0 atom stereocenters. The van der Waals surface area contributed by atoms with Crippen LogP contribution in [0.1, 0.15) is 16.7 Å². The summed E-state index contributed by atoms with van der Waals surface area (Å²) in [6, 6.07) is 5.96. The maximum Gasteiger partial charge on any atom is 0.250 e. The Morgan fingerprint density at radius 1 is 1.28 bits per heavy atom. The summed E-state index contributed by atoms with van der Waals surface area (Å²) in [4.78, 5) is 8.97. The zero-order valence-electron chi connectivity index (χ0n) is 14.4. The van der Waals surface area contributed by atoms with Crippen molar-refractivity contribution >= 4 is 29.3 Å². The smallest absolute Gasteiger partial charge is 0.250 e. The normalized spacial score (nSPS) is 12.8. The number of hydrazine groups is 2. The molecule has 0 radical (unpaired) electrons. The van der Waals surface area contributed by atoms with E-state index >= 15 is 0 Å². The zero-order valence-corrected chi connectivity index (χ0v) is 15.2. The highest BCUT2D eigenvalue weighted by Crippen LogP contribution is 2.39. The lowest BCUT2D eigenvalue weighted by Crippen LogP contribution is -2.32. The Morgan fingerprint density at radius 2 is 2.00 bits per heavy atom. The average Bonchev–Trinajstić information content (AvgIpc) is 2.97. The molecule has 0 spiro atoms. The van der Waals surface area contributed by atoms with Crippen LogP contribution in [0.25, 0.3) is 6.08 Å². The molecule has 1 aliphatic heterocycles. The van der Waals surface area contributed by atoms with Gasteiger partial charge in [-0.25, -0.2) is 4.98 Å². The third-order valence-corrected chi connectivity index (χ3v) is 4.26. The van der Waals surface area contributed by atoms with Crippen molar-refractivity contribution in [1.82, 2.24) is 15.5 Å². The van der Waals surface area contributed by atoms with Gasteiger partial charge in [-0.3, -0.25) is 10.4 Å². The van der Waals surface area contributed by atoms with Gasteiger partial charge < -0.3 is 4.74 Å². The lowest BCUT2D eigenvalue weighted by Gasteiger charge is -2.14. The number of rotatable bonds is 4. The van der Waals surface area contributed by atoms with Gasteiger partial charge in [-0.15, -0.1) is 5.53 Å². The second-order valence-corrected chi connectivity index (χ2v) is 6.33. The van der Waals surface area contributed by atoms with Gasteiger partial charge in [0.25, 0.3) is 5.88 Å². The molecule has 2 heterocycles. The van der Waals surface area contributed by atoms with E-state index in [0.717, 1.165) is 28.3 Å². The monoisotopic (exact) mass is 354 g/mol. The molecule has 0 saturated carbocycles. The van der Waals surface area contributed by atoms with Crippen molar-refractivity contribution in [1.29, 1.82) is 5.26 Å². The van der Waals surface area contributed by atoms with Gasteiger partial charge in [0.05, 0.1) is 6.07 Å². The predicted molar refractivity (Wildman–Crippen MR) is 99.6 cm³/mol. The lowest BCUT2D eigenvalue weighted by molar-refractivity contribution is 0.452. The number of aryl methyl sites for hydroxylation is 2. The molecule has 1 aliphatic rings. The first-order chi connectivity index (χ1) is 12.0. The Hall–Kier alpha value is -2.76. The SMILES string of the molecule is CSc1nc(Oc2c(C)cc(/C=C/C#N)cc2C)c2c(n1)N(C)NN2. The average molecular weight is 354 g/mol. The van der Waals surface area contributed by atoms with Gasteiger partial charge in [-0.05, 0) is 55.0 Å². The first-order valence-corrected chi connectivity index (χ1v) is 8.82. The molecule has 0 aliphatic carbocycles. The van der Waals surface area contributed by atoms with E-state index < -0.39 is 0 Å². The van der Waals surface area contributed by atoms with E-state index in [1.165, 1.54) is 17.8 Å². The molecule has 128 valence electrons. The van der Waals surface area contributed by atoms with Gasteiger partial charge in [0.15, 0.2) is 16.7 Å². The van der Waals surface area contributed by atoms with Gasteiger partial charge in [-0.1, -0.05) is 11.8 Å². The van der Waals surface area contributed by atoms with Crippen LogP contribution in [0.5, 0.6) is 11.6 Å². The van der Waals surface area contributed by atoms with Crippen LogP contribution in [0.2, 0.25) is 0 Å². The van der Waals surface area contributed by atoms with Crippen molar-refractivity contribution in [2.75, 3.05) is 23.7 Å². The highest BCUT2D eigenvalue weighted by atomic mass is 32.2. The molecule has 7 nitrogen and oxygen atoms in total. The van der Waals surface area contributed by atoms with E-state index in [2.05, 4.69) is 20.9 Å². The fourth-order valence-electron chi connectivity index (χ4n) is 2.59. The first kappa shape index (κ1) is 17.1. The van der Waals surface area contributed by atoms with Crippen LogP contribution in [-0.4, -0.2) is 23.3 Å².